The number of unbranched alkanes of at least 4 members (excludes halogenated alkanes) is 1. The van der Waals surface area contributed by atoms with Crippen LogP contribution in [0.4, 0.5) is 0 Å². The number of benzene rings is 2. The summed E-state index contributed by atoms with van der Waals surface area (Å²) in [5.74, 6) is 0.0255. The van der Waals surface area contributed by atoms with E-state index in [9.17, 15) is 4.79 Å². The van der Waals surface area contributed by atoms with Crippen LogP contribution in [0.2, 0.25) is 0 Å². The molecule has 1 aromatic heterocycles. The monoisotopic (exact) mass is 374 g/mol. The lowest BCUT2D eigenvalue weighted by Crippen LogP contribution is -2.26. The van der Waals surface area contributed by atoms with Gasteiger partial charge in [-0.15, -0.1) is 0 Å². The van der Waals surface area contributed by atoms with Crippen molar-refractivity contribution in [2.24, 2.45) is 0 Å². The van der Waals surface area contributed by atoms with Gasteiger partial charge in [-0.1, -0.05) is 48.5 Å². The Morgan fingerprint density at radius 2 is 1.82 bits per heavy atom. The number of hydrogen-bond donors (Lipinski definition) is 1. The first-order valence-corrected chi connectivity index (χ1v) is 10.3. The van der Waals surface area contributed by atoms with Crippen molar-refractivity contribution in [3.63, 3.8) is 0 Å². The standard InChI is InChI=1S/C24H28N3O/c28-24(25-14-6-7-15-26-16-8-9-17-26)22-19-27(18-20-10-2-1-3-11-20)23-13-5-4-12-21(22)23/h1-5,8,10-13,19H,6-7,9,14-18H2,(H,25,28). The van der Waals surface area contributed by atoms with E-state index < -0.39 is 0 Å². The van der Waals surface area contributed by atoms with Gasteiger partial charge in [-0.3, -0.25) is 4.79 Å². The van der Waals surface area contributed by atoms with Gasteiger partial charge in [-0.25, -0.2) is 0 Å². The lowest BCUT2D eigenvalue weighted by Gasteiger charge is -2.13. The highest BCUT2D eigenvalue weighted by molar-refractivity contribution is 6.07. The Morgan fingerprint density at radius 1 is 1.00 bits per heavy atom. The van der Waals surface area contributed by atoms with E-state index in [1.54, 1.807) is 0 Å². The molecule has 145 valence electrons. The molecule has 1 aliphatic heterocycles. The van der Waals surface area contributed by atoms with Crippen LogP contribution in [-0.4, -0.2) is 41.6 Å². The van der Waals surface area contributed by atoms with Crippen molar-refractivity contribution in [3.8, 4) is 0 Å². The predicted molar refractivity (Wildman–Crippen MR) is 114 cm³/mol. The molecule has 0 unspecified atom stereocenters. The van der Waals surface area contributed by atoms with Gasteiger partial charge in [0.2, 0.25) is 0 Å². The van der Waals surface area contributed by atoms with Crippen molar-refractivity contribution < 1.29 is 4.79 Å². The second kappa shape index (κ2) is 9.07. The van der Waals surface area contributed by atoms with E-state index in [0.717, 1.165) is 55.5 Å². The molecule has 0 aliphatic carbocycles. The molecule has 1 N–H and O–H groups in total. The Hall–Kier alpha value is -2.59. The minimum atomic E-state index is 0.0255. The molecule has 0 saturated carbocycles. The van der Waals surface area contributed by atoms with Crippen molar-refractivity contribution >= 4 is 16.8 Å². The minimum absolute atomic E-state index is 0.0255. The van der Waals surface area contributed by atoms with Crippen molar-refractivity contribution in [2.45, 2.75) is 25.8 Å². The van der Waals surface area contributed by atoms with Gasteiger partial charge in [0.1, 0.15) is 0 Å². The predicted octanol–water partition coefficient (Wildman–Crippen LogP) is 4.11. The number of hydrogen-bond acceptors (Lipinski definition) is 2. The maximum atomic E-state index is 12.8. The Kier molecular flexibility index (Phi) is 6.07. The highest BCUT2D eigenvalue weighted by atomic mass is 16.1. The molecule has 0 spiro atoms. The molecule has 0 atom stereocenters. The van der Waals surface area contributed by atoms with E-state index in [1.807, 2.05) is 30.5 Å². The Bertz CT molecular complexity index is 910. The molecule has 2 aromatic carbocycles. The van der Waals surface area contributed by atoms with Gasteiger partial charge in [-0.05, 0) is 50.4 Å². The maximum Gasteiger partial charge on any atom is 0.253 e. The molecule has 2 heterocycles. The third-order valence-electron chi connectivity index (χ3n) is 5.45. The summed E-state index contributed by atoms with van der Waals surface area (Å²) in [7, 11) is 0. The van der Waals surface area contributed by atoms with Crippen LogP contribution in [0, 0.1) is 6.42 Å². The lowest BCUT2D eigenvalue weighted by atomic mass is 10.1. The van der Waals surface area contributed by atoms with Crippen LogP contribution in [0.3, 0.4) is 0 Å². The van der Waals surface area contributed by atoms with Crippen molar-refractivity contribution in [1.82, 2.24) is 14.8 Å². The second-order valence-electron chi connectivity index (χ2n) is 7.51. The summed E-state index contributed by atoms with van der Waals surface area (Å²) in [6, 6.07) is 18.5. The third kappa shape index (κ3) is 4.45. The first-order valence-electron chi connectivity index (χ1n) is 10.3. The average molecular weight is 375 g/mol. The van der Waals surface area contributed by atoms with E-state index >= 15 is 0 Å². The van der Waals surface area contributed by atoms with Crippen LogP contribution in [-0.2, 0) is 6.54 Å². The fourth-order valence-corrected chi connectivity index (χ4v) is 3.94. The van der Waals surface area contributed by atoms with Gasteiger partial charge < -0.3 is 14.8 Å². The van der Waals surface area contributed by atoms with Gasteiger partial charge >= 0.3 is 0 Å². The number of rotatable bonds is 8. The molecule has 4 nitrogen and oxygen atoms in total. The Labute approximate surface area is 167 Å². The van der Waals surface area contributed by atoms with Crippen molar-refractivity contribution in [3.05, 3.63) is 78.3 Å². The number of carbonyl (C=O) groups is 1. The van der Waals surface area contributed by atoms with E-state index in [4.69, 9.17) is 0 Å². The SMILES string of the molecule is O=C(NCCCCN1C[CH]CC1)c1cn(Cc2ccccc2)c2ccccc12. The molecular formula is C24H28N3O. The van der Waals surface area contributed by atoms with E-state index in [-0.39, 0.29) is 5.91 Å². The molecular weight excluding hydrogens is 346 g/mol. The number of nitrogens with one attached hydrogen (secondary N) is 1. The fraction of sp³-hybridized carbons (Fsp3) is 0.333. The quantitative estimate of drug-likeness (QED) is 0.603. The van der Waals surface area contributed by atoms with E-state index in [2.05, 4.69) is 51.5 Å². The molecule has 0 bridgehead atoms. The summed E-state index contributed by atoms with van der Waals surface area (Å²) in [4.78, 5) is 15.3. The Balaban J connectivity index is 1.39. The normalized spacial score (nSPS) is 14.6. The van der Waals surface area contributed by atoms with Gasteiger partial charge in [0.05, 0.1) is 5.56 Å². The van der Waals surface area contributed by atoms with E-state index in [0.29, 0.717) is 0 Å². The molecule has 4 heteroatoms. The topological polar surface area (TPSA) is 37.3 Å². The number of carbonyl (C=O) groups excluding carboxylic acids is 1. The number of likely N-dealkylation sites (tertiary alicyclic amines) is 1. The van der Waals surface area contributed by atoms with Gasteiger partial charge in [0, 0.05) is 36.7 Å². The van der Waals surface area contributed by atoms with Crippen LogP contribution in [0.15, 0.2) is 60.8 Å². The van der Waals surface area contributed by atoms with Gasteiger partial charge in [-0.2, -0.15) is 0 Å². The smallest absolute Gasteiger partial charge is 0.253 e. The van der Waals surface area contributed by atoms with Crippen LogP contribution in [0.25, 0.3) is 10.9 Å². The van der Waals surface area contributed by atoms with Crippen molar-refractivity contribution in [1.29, 1.82) is 0 Å². The highest BCUT2D eigenvalue weighted by Gasteiger charge is 2.15. The van der Waals surface area contributed by atoms with Crippen LogP contribution < -0.4 is 5.32 Å². The summed E-state index contributed by atoms with van der Waals surface area (Å²) in [6.45, 7) is 4.93. The molecule has 1 aliphatic rings. The summed E-state index contributed by atoms with van der Waals surface area (Å²) < 4.78 is 2.17. The van der Waals surface area contributed by atoms with Gasteiger partial charge in [0.15, 0.2) is 0 Å². The summed E-state index contributed by atoms with van der Waals surface area (Å²) in [6.07, 6.45) is 7.69. The zero-order chi connectivity index (χ0) is 19.2. The fourth-order valence-electron chi connectivity index (χ4n) is 3.94. The highest BCUT2D eigenvalue weighted by Crippen LogP contribution is 2.22. The van der Waals surface area contributed by atoms with Crippen LogP contribution in [0.5, 0.6) is 0 Å². The molecule has 1 amide bonds. The van der Waals surface area contributed by atoms with Crippen LogP contribution >= 0.6 is 0 Å². The first-order chi connectivity index (χ1) is 13.8. The Morgan fingerprint density at radius 3 is 2.64 bits per heavy atom. The van der Waals surface area contributed by atoms with Crippen LogP contribution in [0.1, 0.15) is 35.2 Å². The molecule has 4 rings (SSSR count). The third-order valence-corrected chi connectivity index (χ3v) is 5.45. The molecule has 1 radical (unpaired) electrons. The summed E-state index contributed by atoms with van der Waals surface area (Å²) >= 11 is 0. The zero-order valence-corrected chi connectivity index (χ0v) is 16.3. The zero-order valence-electron chi connectivity index (χ0n) is 16.3. The largest absolute Gasteiger partial charge is 0.352 e. The molecule has 3 aromatic rings. The minimum Gasteiger partial charge on any atom is -0.352 e. The van der Waals surface area contributed by atoms with Gasteiger partial charge in [0.25, 0.3) is 5.91 Å². The molecule has 28 heavy (non-hydrogen) atoms. The van der Waals surface area contributed by atoms with E-state index in [1.165, 1.54) is 18.5 Å². The summed E-state index contributed by atoms with van der Waals surface area (Å²) in [5, 5.41) is 4.13. The second-order valence-corrected chi connectivity index (χ2v) is 7.51. The molecule has 1 fully saturated rings. The summed E-state index contributed by atoms with van der Waals surface area (Å²) in [5.41, 5.74) is 3.09. The maximum absolute atomic E-state index is 12.8. The average Bonchev–Trinajstić information content (AvgIpc) is 3.37. The number of aromatic nitrogens is 1. The number of para-hydroxylation sites is 1. The number of nitrogens with zero attached hydrogens (tertiary/aromatic N) is 2. The number of fused-ring (bicyclic) bond motifs is 1. The lowest BCUT2D eigenvalue weighted by molar-refractivity contribution is 0.0954. The first kappa shape index (κ1) is 18.8. The van der Waals surface area contributed by atoms with Crippen molar-refractivity contribution in [2.75, 3.05) is 26.2 Å². The molecule has 1 saturated heterocycles. The number of amides is 1.